The van der Waals surface area contributed by atoms with E-state index in [0.717, 1.165) is 12.0 Å². The van der Waals surface area contributed by atoms with Crippen LogP contribution in [0.5, 0.6) is 0 Å². The number of Topliss-reactive ketones (excluding diaryl/α,β-unsaturated/α-hetero) is 1. The van der Waals surface area contributed by atoms with E-state index in [4.69, 9.17) is 21.3 Å². The summed E-state index contributed by atoms with van der Waals surface area (Å²) in [4.78, 5) is 59.8. The number of benzene rings is 3. The molecule has 2 aliphatic carbocycles. The van der Waals surface area contributed by atoms with E-state index < -0.39 is 12.6 Å². The van der Waals surface area contributed by atoms with Gasteiger partial charge in [-0.3, -0.25) is 19.3 Å². The van der Waals surface area contributed by atoms with Gasteiger partial charge in [0.25, 0.3) is 0 Å². The molecular formula is C35H26Br3ClN2O5. The number of ether oxygens (including phenoxy) is 1. The standard InChI is InChI=1S/C35H26Br3ClN2O5/c1-15-3-5-18(6-4-15)26(42)14-46-35(45)21-13-25(40-32-16(2)31(39)24(36)12-20(21)32)17-7-9-19(10-8-17)41-33(43)27-22-11-23(28(27)34(41)44)30(38)29(22)37/h3-10,12-13,22-23,27-30H,11,14H2,1-2H3. The second kappa shape index (κ2) is 12.0. The van der Waals surface area contributed by atoms with Crippen LogP contribution in [0.15, 0.2) is 65.1 Å². The number of aryl methyl sites for hydroxylation is 2. The molecule has 2 heterocycles. The zero-order valence-electron chi connectivity index (χ0n) is 24.6. The number of nitrogens with zero attached hydrogens (tertiary/aromatic N) is 2. The van der Waals surface area contributed by atoms with Crippen molar-refractivity contribution in [2.75, 3.05) is 11.5 Å². The van der Waals surface area contributed by atoms with Crippen molar-refractivity contribution in [3.8, 4) is 11.3 Å². The van der Waals surface area contributed by atoms with Gasteiger partial charge in [0.15, 0.2) is 12.4 Å². The molecule has 6 atom stereocenters. The maximum absolute atomic E-state index is 13.5. The molecule has 4 aromatic rings. The Morgan fingerprint density at radius 1 is 0.935 bits per heavy atom. The maximum Gasteiger partial charge on any atom is 0.339 e. The van der Waals surface area contributed by atoms with Crippen LogP contribution in [0, 0.1) is 37.5 Å². The first-order valence-electron chi connectivity index (χ1n) is 14.8. The molecule has 234 valence electrons. The summed E-state index contributed by atoms with van der Waals surface area (Å²) in [5, 5.41) is 0.981. The minimum absolute atomic E-state index is 0.127. The number of fused-ring (bicyclic) bond motifs is 6. The van der Waals surface area contributed by atoms with Crippen molar-refractivity contribution in [2.45, 2.75) is 29.9 Å². The number of esters is 1. The number of alkyl halides is 2. The Balaban J connectivity index is 1.20. The molecule has 7 nitrogen and oxygen atoms in total. The van der Waals surface area contributed by atoms with Crippen LogP contribution in [0.3, 0.4) is 0 Å². The molecule has 1 aromatic heterocycles. The lowest BCUT2D eigenvalue weighted by molar-refractivity contribution is -0.123. The number of hydrogen-bond donors (Lipinski definition) is 0. The number of carbonyl (C=O) groups is 4. The third-order valence-electron chi connectivity index (χ3n) is 9.56. The monoisotopic (exact) mass is 826 g/mol. The van der Waals surface area contributed by atoms with Crippen molar-refractivity contribution in [3.63, 3.8) is 0 Å². The van der Waals surface area contributed by atoms with Crippen LogP contribution in [0.2, 0.25) is 5.02 Å². The minimum atomic E-state index is -0.677. The van der Waals surface area contributed by atoms with Crippen molar-refractivity contribution >= 4 is 99.5 Å². The number of hydrogen-bond acceptors (Lipinski definition) is 6. The average molecular weight is 830 g/mol. The smallest absolute Gasteiger partial charge is 0.339 e. The fourth-order valence-corrected chi connectivity index (χ4v) is 9.74. The van der Waals surface area contributed by atoms with Crippen molar-refractivity contribution in [3.05, 3.63) is 92.4 Å². The molecule has 3 aliphatic rings. The molecule has 2 bridgehead atoms. The van der Waals surface area contributed by atoms with E-state index >= 15 is 0 Å². The Kier molecular flexibility index (Phi) is 8.23. The summed E-state index contributed by atoms with van der Waals surface area (Å²) in [7, 11) is 0. The van der Waals surface area contributed by atoms with Crippen molar-refractivity contribution in [2.24, 2.45) is 23.7 Å². The maximum atomic E-state index is 13.5. The summed E-state index contributed by atoms with van der Waals surface area (Å²) >= 11 is 17.5. The summed E-state index contributed by atoms with van der Waals surface area (Å²) in [6, 6.07) is 17.4. The van der Waals surface area contributed by atoms with Gasteiger partial charge in [-0.05, 0) is 77.9 Å². The molecular weight excluding hydrogens is 804 g/mol. The Morgan fingerprint density at radius 2 is 1.54 bits per heavy atom. The van der Waals surface area contributed by atoms with Crippen molar-refractivity contribution < 1.29 is 23.9 Å². The lowest BCUT2D eigenvalue weighted by Gasteiger charge is -2.28. The number of imide groups is 1. The number of ketones is 1. The van der Waals surface area contributed by atoms with E-state index in [1.165, 1.54) is 4.90 Å². The molecule has 1 aliphatic heterocycles. The SMILES string of the molecule is Cc1ccc(C(=O)COC(=O)c2cc(-c3ccc(N4C(=O)C5C6CC(C(Br)C6Br)C5C4=O)cc3)nc3c(C)c(Cl)c(Br)cc23)cc1. The summed E-state index contributed by atoms with van der Waals surface area (Å²) < 4.78 is 6.11. The van der Waals surface area contributed by atoms with E-state index in [2.05, 4.69) is 47.8 Å². The largest absolute Gasteiger partial charge is 0.454 e. The second-order valence-electron chi connectivity index (χ2n) is 12.2. The normalized spacial score (nSPS) is 25.0. The van der Waals surface area contributed by atoms with Gasteiger partial charge in [0.1, 0.15) is 0 Å². The summed E-state index contributed by atoms with van der Waals surface area (Å²) in [6.45, 7) is 3.32. The summed E-state index contributed by atoms with van der Waals surface area (Å²) in [6.07, 6.45) is 0.865. The zero-order valence-corrected chi connectivity index (χ0v) is 30.1. The number of carbonyl (C=O) groups excluding carboxylic acids is 4. The summed E-state index contributed by atoms with van der Waals surface area (Å²) in [5.41, 5.74) is 4.50. The van der Waals surface area contributed by atoms with Crippen molar-refractivity contribution in [1.82, 2.24) is 4.98 Å². The predicted octanol–water partition coefficient (Wildman–Crippen LogP) is 8.26. The van der Waals surface area contributed by atoms with E-state index in [-0.39, 0.29) is 56.5 Å². The van der Waals surface area contributed by atoms with Crippen LogP contribution in [0.25, 0.3) is 22.2 Å². The topological polar surface area (TPSA) is 93.6 Å². The van der Waals surface area contributed by atoms with Crippen LogP contribution in [0.1, 0.15) is 38.3 Å². The first-order chi connectivity index (χ1) is 22.0. The molecule has 0 spiro atoms. The Bertz CT molecular complexity index is 1930. The summed E-state index contributed by atoms with van der Waals surface area (Å²) in [5.74, 6) is -1.65. The number of halogens is 4. The molecule has 0 N–H and O–H groups in total. The first kappa shape index (κ1) is 31.7. The van der Waals surface area contributed by atoms with Gasteiger partial charge in [0.05, 0.1) is 39.3 Å². The van der Waals surface area contributed by atoms with Gasteiger partial charge in [-0.25, -0.2) is 9.78 Å². The molecule has 11 heteroatoms. The van der Waals surface area contributed by atoms with E-state index in [0.29, 0.717) is 48.5 Å². The van der Waals surface area contributed by atoms with Crippen molar-refractivity contribution in [1.29, 1.82) is 0 Å². The predicted molar refractivity (Wildman–Crippen MR) is 187 cm³/mol. The quantitative estimate of drug-likeness (QED) is 0.0842. The third-order valence-corrected chi connectivity index (χ3v) is 14.1. The van der Waals surface area contributed by atoms with Gasteiger partial charge in [-0.1, -0.05) is 85.4 Å². The second-order valence-corrected chi connectivity index (χ2v) is 15.5. The number of amides is 2. The van der Waals surface area contributed by atoms with E-state index in [1.54, 1.807) is 48.5 Å². The molecule has 2 amide bonds. The number of pyridine rings is 1. The van der Waals surface area contributed by atoms with Gasteiger partial charge in [0, 0.05) is 30.6 Å². The molecule has 1 saturated heterocycles. The van der Waals surface area contributed by atoms with Gasteiger partial charge < -0.3 is 4.74 Å². The number of rotatable bonds is 6. The highest BCUT2D eigenvalue weighted by Crippen LogP contribution is 2.60. The van der Waals surface area contributed by atoms with Crippen LogP contribution in [-0.2, 0) is 14.3 Å². The molecule has 0 radical (unpaired) electrons. The lowest BCUT2D eigenvalue weighted by atomic mass is 9.81. The first-order valence-corrected chi connectivity index (χ1v) is 17.8. The lowest BCUT2D eigenvalue weighted by Crippen LogP contribution is -2.37. The highest BCUT2D eigenvalue weighted by molar-refractivity contribution is 9.12. The Morgan fingerprint density at radius 3 is 2.15 bits per heavy atom. The molecule has 6 unspecified atom stereocenters. The van der Waals surface area contributed by atoms with Gasteiger partial charge >= 0.3 is 5.97 Å². The molecule has 46 heavy (non-hydrogen) atoms. The van der Waals surface area contributed by atoms with Crippen LogP contribution < -0.4 is 4.90 Å². The van der Waals surface area contributed by atoms with Gasteiger partial charge in [-0.2, -0.15) is 0 Å². The average Bonchev–Trinajstić information content (AvgIpc) is 3.67. The van der Waals surface area contributed by atoms with Crippen LogP contribution >= 0.6 is 59.4 Å². The fraction of sp³-hybridized carbons (Fsp3) is 0.286. The Labute approximate surface area is 295 Å². The highest BCUT2D eigenvalue weighted by atomic mass is 79.9. The number of aromatic nitrogens is 1. The molecule has 2 saturated carbocycles. The van der Waals surface area contributed by atoms with Gasteiger partial charge in [0.2, 0.25) is 11.8 Å². The molecule has 3 fully saturated rings. The molecule has 7 rings (SSSR count). The number of anilines is 1. The van der Waals surface area contributed by atoms with E-state index in [9.17, 15) is 19.2 Å². The van der Waals surface area contributed by atoms with Crippen LogP contribution in [-0.4, -0.2) is 44.8 Å². The fourth-order valence-electron chi connectivity index (χ4n) is 7.19. The Hall–Kier alpha value is -2.92. The van der Waals surface area contributed by atoms with E-state index in [1.807, 2.05) is 26.0 Å². The minimum Gasteiger partial charge on any atom is -0.454 e. The molecule has 3 aromatic carbocycles. The van der Waals surface area contributed by atoms with Crippen LogP contribution in [0.4, 0.5) is 5.69 Å². The van der Waals surface area contributed by atoms with Gasteiger partial charge in [-0.15, -0.1) is 0 Å². The highest BCUT2D eigenvalue weighted by Gasteiger charge is 2.66. The zero-order chi connectivity index (χ0) is 32.6. The third kappa shape index (κ3) is 5.07.